The topological polar surface area (TPSA) is 39.5 Å². The molecule has 0 amide bonds. The van der Waals surface area contributed by atoms with E-state index in [0.717, 1.165) is 43.2 Å². The summed E-state index contributed by atoms with van der Waals surface area (Å²) in [4.78, 5) is 2.49. The van der Waals surface area contributed by atoms with Crippen molar-refractivity contribution in [2.45, 2.75) is 32.9 Å². The van der Waals surface area contributed by atoms with Crippen LogP contribution in [0.1, 0.15) is 29.4 Å². The Morgan fingerprint density at radius 1 is 1.13 bits per heavy atom. The van der Waals surface area contributed by atoms with Crippen LogP contribution in [0.25, 0.3) is 0 Å². The zero-order valence-corrected chi connectivity index (χ0v) is 13.8. The first-order valence-electron chi connectivity index (χ1n) is 8.33. The lowest BCUT2D eigenvalue weighted by Crippen LogP contribution is -2.22. The molecule has 2 aromatic rings. The van der Waals surface area contributed by atoms with Crippen molar-refractivity contribution in [1.29, 1.82) is 0 Å². The molecule has 1 atom stereocenters. The molecule has 0 N–H and O–H groups in total. The molecule has 0 aliphatic carbocycles. The van der Waals surface area contributed by atoms with Crippen molar-refractivity contribution < 1.29 is 9.47 Å². The fourth-order valence-electron chi connectivity index (χ4n) is 3.62. The van der Waals surface area contributed by atoms with Gasteiger partial charge in [0.1, 0.15) is 13.2 Å². The maximum atomic E-state index is 5.68. The van der Waals surface area contributed by atoms with Gasteiger partial charge >= 0.3 is 0 Å². The molecule has 0 spiro atoms. The number of rotatable bonds is 3. The number of benzene rings is 1. The summed E-state index contributed by atoms with van der Waals surface area (Å²) in [6.45, 7) is 8.60. The normalized spacial score (nSPS) is 20.9. The third kappa shape index (κ3) is 2.93. The number of nitrogens with zero attached hydrogens (tertiary/aromatic N) is 3. The first-order valence-corrected chi connectivity index (χ1v) is 8.33. The van der Waals surface area contributed by atoms with E-state index in [1.165, 1.54) is 11.3 Å². The maximum absolute atomic E-state index is 5.68. The second-order valence-corrected chi connectivity index (χ2v) is 6.53. The zero-order chi connectivity index (χ0) is 15.8. The van der Waals surface area contributed by atoms with Crippen LogP contribution in [0.5, 0.6) is 11.5 Å². The van der Waals surface area contributed by atoms with Gasteiger partial charge in [0.15, 0.2) is 11.5 Å². The van der Waals surface area contributed by atoms with E-state index in [9.17, 15) is 0 Å². The Labute approximate surface area is 136 Å². The molecular weight excluding hydrogens is 290 g/mol. The van der Waals surface area contributed by atoms with Gasteiger partial charge in [0.05, 0.1) is 11.7 Å². The van der Waals surface area contributed by atoms with Crippen LogP contribution in [-0.4, -0.2) is 41.0 Å². The molecule has 0 unspecified atom stereocenters. The second-order valence-electron chi connectivity index (χ2n) is 6.53. The van der Waals surface area contributed by atoms with E-state index in [-0.39, 0.29) is 0 Å². The second kappa shape index (κ2) is 5.89. The smallest absolute Gasteiger partial charge is 0.161 e. The highest BCUT2D eigenvalue weighted by Gasteiger charge is 2.25. The zero-order valence-electron chi connectivity index (χ0n) is 13.8. The Morgan fingerprint density at radius 3 is 2.74 bits per heavy atom. The molecule has 23 heavy (non-hydrogen) atoms. The summed E-state index contributed by atoms with van der Waals surface area (Å²) in [7, 11) is 0. The number of aryl methyl sites for hydroxylation is 2. The van der Waals surface area contributed by atoms with Gasteiger partial charge in [-0.1, -0.05) is 6.07 Å². The average Bonchev–Trinajstić information content (AvgIpc) is 3.13. The quantitative estimate of drug-likeness (QED) is 0.873. The van der Waals surface area contributed by atoms with Crippen molar-refractivity contribution in [3.05, 3.63) is 41.2 Å². The van der Waals surface area contributed by atoms with Crippen LogP contribution >= 0.6 is 0 Å². The molecule has 3 heterocycles. The minimum Gasteiger partial charge on any atom is -0.486 e. The van der Waals surface area contributed by atoms with E-state index in [0.29, 0.717) is 19.3 Å². The highest BCUT2D eigenvalue weighted by Crippen LogP contribution is 2.32. The lowest BCUT2D eigenvalue weighted by Gasteiger charge is -2.21. The van der Waals surface area contributed by atoms with Crippen LogP contribution in [0, 0.1) is 13.8 Å². The van der Waals surface area contributed by atoms with Gasteiger partial charge in [-0.25, -0.2) is 0 Å². The van der Waals surface area contributed by atoms with E-state index in [1.54, 1.807) is 0 Å². The Balaban J connectivity index is 1.43. The standard InChI is InChI=1S/C18H23N3O2/c1-13-9-14(2)21(19-13)16-5-6-20(12-16)11-15-3-4-17-18(10-15)23-8-7-22-17/h3-4,9-10,16H,5-8,11-12H2,1-2H3/t16-/m0/s1. The molecular formula is C18H23N3O2. The van der Waals surface area contributed by atoms with E-state index < -0.39 is 0 Å². The average molecular weight is 313 g/mol. The highest BCUT2D eigenvalue weighted by molar-refractivity contribution is 5.43. The van der Waals surface area contributed by atoms with E-state index in [2.05, 4.69) is 46.7 Å². The van der Waals surface area contributed by atoms with Crippen molar-refractivity contribution in [1.82, 2.24) is 14.7 Å². The SMILES string of the molecule is Cc1cc(C)n([C@H]2CCN(Cc3ccc4c(c3)OCCO4)C2)n1. The van der Waals surface area contributed by atoms with Gasteiger partial charge in [-0.2, -0.15) is 5.10 Å². The predicted molar refractivity (Wildman–Crippen MR) is 88.1 cm³/mol. The molecule has 1 fully saturated rings. The molecule has 1 saturated heterocycles. The van der Waals surface area contributed by atoms with Crippen LogP contribution in [0.15, 0.2) is 24.3 Å². The molecule has 0 bridgehead atoms. The van der Waals surface area contributed by atoms with Gasteiger partial charge < -0.3 is 9.47 Å². The fraction of sp³-hybridized carbons (Fsp3) is 0.500. The molecule has 0 saturated carbocycles. The van der Waals surface area contributed by atoms with Gasteiger partial charge in [-0.3, -0.25) is 9.58 Å². The molecule has 5 heteroatoms. The molecule has 0 radical (unpaired) electrons. The van der Waals surface area contributed by atoms with Crippen molar-refractivity contribution in [3.63, 3.8) is 0 Å². The fourth-order valence-corrected chi connectivity index (χ4v) is 3.62. The Bertz CT molecular complexity index is 710. The third-order valence-corrected chi connectivity index (χ3v) is 4.65. The maximum Gasteiger partial charge on any atom is 0.161 e. The van der Waals surface area contributed by atoms with Gasteiger partial charge in [0.2, 0.25) is 0 Å². The lowest BCUT2D eigenvalue weighted by molar-refractivity contribution is 0.171. The lowest BCUT2D eigenvalue weighted by atomic mass is 10.2. The van der Waals surface area contributed by atoms with E-state index >= 15 is 0 Å². The number of aromatic nitrogens is 2. The van der Waals surface area contributed by atoms with Crippen LogP contribution in [0.4, 0.5) is 0 Å². The van der Waals surface area contributed by atoms with E-state index in [1.807, 2.05) is 6.07 Å². The number of ether oxygens (including phenoxy) is 2. The van der Waals surface area contributed by atoms with Crippen molar-refractivity contribution in [2.24, 2.45) is 0 Å². The molecule has 1 aromatic heterocycles. The monoisotopic (exact) mass is 313 g/mol. The summed E-state index contributed by atoms with van der Waals surface area (Å²) < 4.78 is 13.5. The van der Waals surface area contributed by atoms with Crippen LogP contribution in [0.2, 0.25) is 0 Å². The Morgan fingerprint density at radius 2 is 1.96 bits per heavy atom. The first kappa shape index (κ1) is 14.6. The van der Waals surface area contributed by atoms with Gasteiger partial charge in [0, 0.05) is 25.3 Å². The first-order chi connectivity index (χ1) is 11.2. The molecule has 2 aliphatic heterocycles. The van der Waals surface area contributed by atoms with Crippen molar-refractivity contribution in [2.75, 3.05) is 26.3 Å². The van der Waals surface area contributed by atoms with Crippen LogP contribution in [-0.2, 0) is 6.54 Å². The van der Waals surface area contributed by atoms with E-state index in [4.69, 9.17) is 9.47 Å². The van der Waals surface area contributed by atoms with Gasteiger partial charge in [-0.15, -0.1) is 0 Å². The number of fused-ring (bicyclic) bond motifs is 1. The number of likely N-dealkylation sites (tertiary alicyclic amines) is 1. The highest BCUT2D eigenvalue weighted by atomic mass is 16.6. The van der Waals surface area contributed by atoms with Crippen molar-refractivity contribution in [3.8, 4) is 11.5 Å². The summed E-state index contributed by atoms with van der Waals surface area (Å²) in [5, 5.41) is 4.64. The molecule has 4 rings (SSSR count). The third-order valence-electron chi connectivity index (χ3n) is 4.65. The van der Waals surface area contributed by atoms with Gasteiger partial charge in [-0.05, 0) is 44.0 Å². The molecule has 1 aromatic carbocycles. The predicted octanol–water partition coefficient (Wildman–Crippen LogP) is 2.72. The number of hydrogen-bond donors (Lipinski definition) is 0. The van der Waals surface area contributed by atoms with Crippen molar-refractivity contribution >= 4 is 0 Å². The van der Waals surface area contributed by atoms with Gasteiger partial charge in [0.25, 0.3) is 0 Å². The summed E-state index contributed by atoms with van der Waals surface area (Å²) in [6.07, 6.45) is 1.16. The Hall–Kier alpha value is -2.01. The number of hydrogen-bond acceptors (Lipinski definition) is 4. The molecule has 5 nitrogen and oxygen atoms in total. The Kier molecular flexibility index (Phi) is 3.73. The molecule has 2 aliphatic rings. The van der Waals surface area contributed by atoms with Crippen LogP contribution < -0.4 is 9.47 Å². The summed E-state index contributed by atoms with van der Waals surface area (Å²) in [5.41, 5.74) is 3.64. The largest absolute Gasteiger partial charge is 0.486 e. The minimum atomic E-state index is 0.487. The van der Waals surface area contributed by atoms with Crippen LogP contribution in [0.3, 0.4) is 0 Å². The molecule has 122 valence electrons. The summed E-state index contributed by atoms with van der Waals surface area (Å²) >= 11 is 0. The summed E-state index contributed by atoms with van der Waals surface area (Å²) in [5.74, 6) is 1.74. The summed E-state index contributed by atoms with van der Waals surface area (Å²) in [6, 6.07) is 8.93. The minimum absolute atomic E-state index is 0.487.